The molecule has 2 heterocycles. The van der Waals surface area contributed by atoms with E-state index >= 15 is 0 Å². The first kappa shape index (κ1) is 28.8. The lowest BCUT2D eigenvalue weighted by atomic mass is 9.72. The molecule has 0 saturated heterocycles. The highest BCUT2D eigenvalue weighted by molar-refractivity contribution is 5.88. The quantitative estimate of drug-likeness (QED) is 0.0995. The van der Waals surface area contributed by atoms with Gasteiger partial charge >= 0.3 is 0 Å². The summed E-state index contributed by atoms with van der Waals surface area (Å²) < 4.78 is 6.18. The molecule has 0 spiro atoms. The lowest BCUT2D eigenvalue weighted by Gasteiger charge is -2.34. The van der Waals surface area contributed by atoms with Crippen LogP contribution in [0, 0.1) is 16.7 Å². The molecule has 208 valence electrons. The molecule has 2 bridgehead atoms. The Kier molecular flexibility index (Phi) is 8.77. The Balaban J connectivity index is 1.69. The van der Waals surface area contributed by atoms with Gasteiger partial charge in [-0.2, -0.15) is 5.26 Å². The average Bonchev–Trinajstić information content (AvgIpc) is 3.21. The van der Waals surface area contributed by atoms with Crippen molar-refractivity contribution in [2.75, 3.05) is 18.5 Å². The Hall–Kier alpha value is -3.22. The van der Waals surface area contributed by atoms with Gasteiger partial charge in [0.15, 0.2) is 6.23 Å². The first-order chi connectivity index (χ1) is 18.7. The van der Waals surface area contributed by atoms with E-state index in [1.807, 2.05) is 36.4 Å². The van der Waals surface area contributed by atoms with Gasteiger partial charge in [0.25, 0.3) is 0 Å². The van der Waals surface area contributed by atoms with Crippen LogP contribution in [-0.2, 0) is 4.74 Å². The second kappa shape index (κ2) is 11.9. The summed E-state index contributed by atoms with van der Waals surface area (Å²) in [4.78, 5) is 3.94. The summed E-state index contributed by atoms with van der Waals surface area (Å²) in [6.45, 7) is 4.19. The first-order valence-corrected chi connectivity index (χ1v) is 13.7. The minimum absolute atomic E-state index is 0.0458. The smallest absolute Gasteiger partial charge is 0.183 e. The molecule has 0 aromatic heterocycles. The minimum Gasteiger partial charge on any atom is -0.393 e. The van der Waals surface area contributed by atoms with Crippen LogP contribution in [0.2, 0.25) is 0 Å². The molecular weight excluding hydrogens is 492 g/mol. The van der Waals surface area contributed by atoms with Gasteiger partial charge in [0, 0.05) is 29.4 Å². The maximum Gasteiger partial charge on any atom is 0.183 e. The molecule has 4 rings (SSSR count). The van der Waals surface area contributed by atoms with E-state index in [2.05, 4.69) is 42.4 Å². The maximum absolute atomic E-state index is 10.7. The minimum atomic E-state index is -1.23. The molecule has 0 amide bonds. The SMILES string of the molecule is CCCC1(C)CC=C(c2cc(C3C=C[C@@]4(CO)C=C[C@@](CO)(C3)O4)ccc2NC(O)C(N)=N/C=C/C#N)CC1. The van der Waals surface area contributed by atoms with Crippen molar-refractivity contribution in [1.82, 2.24) is 0 Å². The van der Waals surface area contributed by atoms with Crippen molar-refractivity contribution in [3.8, 4) is 6.07 Å². The van der Waals surface area contributed by atoms with Gasteiger partial charge in [-0.15, -0.1) is 0 Å². The van der Waals surface area contributed by atoms with Crippen LogP contribution < -0.4 is 11.1 Å². The van der Waals surface area contributed by atoms with Crippen LogP contribution in [0.3, 0.4) is 0 Å². The van der Waals surface area contributed by atoms with E-state index < -0.39 is 17.4 Å². The molecule has 3 unspecified atom stereocenters. The van der Waals surface area contributed by atoms with Gasteiger partial charge in [0.2, 0.25) is 0 Å². The fourth-order valence-corrected chi connectivity index (χ4v) is 5.89. The van der Waals surface area contributed by atoms with Crippen molar-refractivity contribution in [1.29, 1.82) is 5.26 Å². The molecular formula is C31H40N4O4. The predicted molar refractivity (Wildman–Crippen MR) is 154 cm³/mol. The van der Waals surface area contributed by atoms with Crippen molar-refractivity contribution in [2.24, 2.45) is 16.1 Å². The number of rotatable bonds is 10. The molecule has 3 aliphatic rings. The second-order valence-corrected chi connectivity index (χ2v) is 11.3. The topological polar surface area (TPSA) is 144 Å². The number of benzene rings is 1. The third-order valence-corrected chi connectivity index (χ3v) is 8.21. The summed E-state index contributed by atoms with van der Waals surface area (Å²) >= 11 is 0. The summed E-state index contributed by atoms with van der Waals surface area (Å²) in [6, 6.07) is 7.92. The Morgan fingerprint density at radius 1 is 1.31 bits per heavy atom. The van der Waals surface area contributed by atoms with Crippen molar-refractivity contribution in [2.45, 2.75) is 75.7 Å². The number of hydrogen-bond donors (Lipinski definition) is 5. The Bertz CT molecular complexity index is 1250. The number of aliphatic hydroxyl groups excluding tert-OH is 3. The number of nitrogens with two attached hydrogens (primary N) is 1. The highest BCUT2D eigenvalue weighted by atomic mass is 16.5. The van der Waals surface area contributed by atoms with Gasteiger partial charge in [-0.25, -0.2) is 4.99 Å². The average molecular weight is 533 g/mol. The van der Waals surface area contributed by atoms with E-state index in [-0.39, 0.29) is 30.4 Å². The van der Waals surface area contributed by atoms with E-state index in [9.17, 15) is 15.3 Å². The van der Waals surface area contributed by atoms with Gasteiger partial charge < -0.3 is 31.1 Å². The molecule has 2 aliphatic heterocycles. The van der Waals surface area contributed by atoms with Crippen molar-refractivity contribution in [3.05, 3.63) is 72.0 Å². The largest absolute Gasteiger partial charge is 0.393 e. The molecule has 8 nitrogen and oxygen atoms in total. The van der Waals surface area contributed by atoms with E-state index in [1.165, 1.54) is 24.3 Å². The number of hydrogen-bond acceptors (Lipinski definition) is 7. The fraction of sp³-hybridized carbons (Fsp3) is 0.484. The fourth-order valence-electron chi connectivity index (χ4n) is 5.89. The van der Waals surface area contributed by atoms with Gasteiger partial charge in [-0.1, -0.05) is 44.6 Å². The van der Waals surface area contributed by atoms with Crippen molar-refractivity contribution < 1.29 is 20.1 Å². The zero-order valence-electron chi connectivity index (χ0n) is 22.8. The summed E-state index contributed by atoms with van der Waals surface area (Å²) in [7, 11) is 0. The molecule has 1 aromatic rings. The lowest BCUT2D eigenvalue weighted by molar-refractivity contribution is -0.107. The van der Waals surface area contributed by atoms with Crippen LogP contribution in [0.1, 0.15) is 69.4 Å². The number of allylic oxidation sites excluding steroid dienone is 4. The van der Waals surface area contributed by atoms with Gasteiger partial charge in [0.1, 0.15) is 17.0 Å². The van der Waals surface area contributed by atoms with E-state index in [0.29, 0.717) is 6.42 Å². The van der Waals surface area contributed by atoms with E-state index in [4.69, 9.17) is 15.7 Å². The number of fused-ring (bicyclic) bond motifs is 2. The van der Waals surface area contributed by atoms with Gasteiger partial charge in [0.05, 0.1) is 19.3 Å². The van der Waals surface area contributed by atoms with Crippen LogP contribution in [0.15, 0.2) is 65.8 Å². The Morgan fingerprint density at radius 2 is 2.13 bits per heavy atom. The predicted octanol–water partition coefficient (Wildman–Crippen LogP) is 4.28. The molecule has 8 heteroatoms. The molecule has 6 N–H and O–H groups in total. The summed E-state index contributed by atoms with van der Waals surface area (Å²) in [5.74, 6) is -0.0962. The number of aliphatic hydroxyl groups is 3. The van der Waals surface area contributed by atoms with E-state index in [0.717, 1.165) is 42.5 Å². The van der Waals surface area contributed by atoms with Crippen LogP contribution in [0.5, 0.6) is 0 Å². The first-order valence-electron chi connectivity index (χ1n) is 13.7. The zero-order valence-corrected chi connectivity index (χ0v) is 22.8. The Morgan fingerprint density at radius 3 is 2.79 bits per heavy atom. The van der Waals surface area contributed by atoms with E-state index in [1.54, 1.807) is 0 Å². The second-order valence-electron chi connectivity index (χ2n) is 11.3. The number of anilines is 1. The van der Waals surface area contributed by atoms with Gasteiger partial charge in [-0.3, -0.25) is 0 Å². The summed E-state index contributed by atoms with van der Waals surface area (Å²) in [5.41, 5.74) is 8.43. The highest BCUT2D eigenvalue weighted by Crippen LogP contribution is 2.46. The Labute approximate surface area is 230 Å². The molecule has 1 aromatic carbocycles. The third kappa shape index (κ3) is 6.34. The van der Waals surface area contributed by atoms with Crippen LogP contribution in [-0.4, -0.2) is 51.8 Å². The number of nitrogens with one attached hydrogen (secondary N) is 1. The number of ether oxygens (including phenoxy) is 1. The number of aliphatic imine (C=N–C) groups is 1. The number of nitrogens with zero attached hydrogens (tertiary/aromatic N) is 2. The van der Waals surface area contributed by atoms with Crippen LogP contribution in [0.4, 0.5) is 5.69 Å². The molecule has 5 atom stereocenters. The molecule has 0 fully saturated rings. The molecule has 0 saturated carbocycles. The number of nitriles is 1. The highest BCUT2D eigenvalue weighted by Gasteiger charge is 2.46. The monoisotopic (exact) mass is 532 g/mol. The zero-order chi connectivity index (χ0) is 28.1. The lowest BCUT2D eigenvalue weighted by Crippen LogP contribution is -2.40. The number of amidine groups is 1. The standard InChI is InChI=1S/C31H40N4O4/c1-3-10-29(2)11-7-22(8-12-29)25-18-23(5-6-26(25)35-28(38)27(33)34-17-4-16-32)24-9-13-30(20-36)14-15-31(19-24,21-37)39-30/h4-7,9,13-15,17-18,24,28,35-38H,3,8,10-12,19-21H2,1-2H3,(H2,33,34)/b17-4+/t24?,28?,29?,30-,31-/m0/s1. The normalized spacial score (nSPS) is 31.1. The summed E-state index contributed by atoms with van der Waals surface area (Å²) in [6.07, 6.45) is 17.0. The molecule has 1 aliphatic carbocycles. The van der Waals surface area contributed by atoms with Crippen molar-refractivity contribution >= 4 is 17.1 Å². The van der Waals surface area contributed by atoms with Crippen LogP contribution in [0.25, 0.3) is 5.57 Å². The third-order valence-electron chi connectivity index (χ3n) is 8.21. The molecule has 0 radical (unpaired) electrons. The maximum atomic E-state index is 10.7. The molecule has 39 heavy (non-hydrogen) atoms. The summed E-state index contributed by atoms with van der Waals surface area (Å²) in [5, 5.41) is 42.7. The van der Waals surface area contributed by atoms with Crippen molar-refractivity contribution in [3.63, 3.8) is 0 Å². The van der Waals surface area contributed by atoms with Gasteiger partial charge in [-0.05, 0) is 72.9 Å². The van der Waals surface area contributed by atoms with Crippen LogP contribution >= 0.6 is 0 Å².